The Morgan fingerprint density at radius 2 is 1.65 bits per heavy atom. The van der Waals surface area contributed by atoms with Gasteiger partial charge in [0.25, 0.3) is 0 Å². The highest BCUT2D eigenvalue weighted by molar-refractivity contribution is 5.76. The molecule has 4 nitrogen and oxygen atoms in total. The van der Waals surface area contributed by atoms with E-state index >= 15 is 0 Å². The monoisotopic (exact) mass is 422 g/mol. The first kappa shape index (κ1) is 21.1. The van der Waals surface area contributed by atoms with Crippen LogP contribution in [0.2, 0.25) is 0 Å². The van der Waals surface area contributed by atoms with Crippen LogP contribution in [0.5, 0.6) is 0 Å². The molecule has 0 saturated carbocycles. The SMILES string of the molecule is Cc1c(F)cc(N)c(N(N)c2ccc(N3CCC(Cc4ccccc4)CC3)cc2)c1F. The number of rotatable bonds is 5. The van der Waals surface area contributed by atoms with Gasteiger partial charge in [0.15, 0.2) is 5.82 Å². The molecule has 0 spiro atoms. The summed E-state index contributed by atoms with van der Waals surface area (Å²) in [6.07, 6.45) is 3.42. The van der Waals surface area contributed by atoms with Gasteiger partial charge in [0.05, 0.1) is 11.4 Å². The third-order valence-corrected chi connectivity index (χ3v) is 6.17. The molecule has 162 valence electrons. The molecule has 1 saturated heterocycles. The van der Waals surface area contributed by atoms with Crippen molar-refractivity contribution >= 4 is 22.7 Å². The number of nitrogens with zero attached hydrogens (tertiary/aromatic N) is 2. The van der Waals surface area contributed by atoms with Crippen molar-refractivity contribution in [2.24, 2.45) is 11.8 Å². The molecule has 1 aliphatic heterocycles. The van der Waals surface area contributed by atoms with E-state index in [0.717, 1.165) is 44.1 Å². The van der Waals surface area contributed by atoms with Crippen LogP contribution in [0.1, 0.15) is 24.0 Å². The highest BCUT2D eigenvalue weighted by Gasteiger charge is 2.21. The lowest BCUT2D eigenvalue weighted by Gasteiger charge is -2.34. The molecule has 0 unspecified atom stereocenters. The van der Waals surface area contributed by atoms with Gasteiger partial charge in [-0.2, -0.15) is 0 Å². The fourth-order valence-corrected chi connectivity index (χ4v) is 4.26. The first-order chi connectivity index (χ1) is 14.9. The normalized spacial score (nSPS) is 14.6. The number of halogens is 2. The molecule has 1 heterocycles. The summed E-state index contributed by atoms with van der Waals surface area (Å²) >= 11 is 0. The summed E-state index contributed by atoms with van der Waals surface area (Å²) in [5, 5.41) is 1.17. The second-order valence-corrected chi connectivity index (χ2v) is 8.24. The average Bonchev–Trinajstić information content (AvgIpc) is 2.79. The molecule has 4 N–H and O–H groups in total. The predicted octanol–water partition coefficient (Wildman–Crippen LogP) is 5.33. The van der Waals surface area contributed by atoms with E-state index in [0.29, 0.717) is 11.6 Å². The highest BCUT2D eigenvalue weighted by Crippen LogP contribution is 2.34. The Kier molecular flexibility index (Phi) is 6.09. The predicted molar refractivity (Wildman–Crippen MR) is 123 cm³/mol. The first-order valence-corrected chi connectivity index (χ1v) is 10.6. The summed E-state index contributed by atoms with van der Waals surface area (Å²) in [6.45, 7) is 3.37. The van der Waals surface area contributed by atoms with Crippen LogP contribution in [0.4, 0.5) is 31.5 Å². The number of hydrogen-bond donors (Lipinski definition) is 2. The van der Waals surface area contributed by atoms with Gasteiger partial charge >= 0.3 is 0 Å². The minimum Gasteiger partial charge on any atom is -0.397 e. The Balaban J connectivity index is 1.42. The van der Waals surface area contributed by atoms with E-state index in [1.54, 1.807) is 0 Å². The van der Waals surface area contributed by atoms with Crippen molar-refractivity contribution < 1.29 is 8.78 Å². The zero-order valence-electron chi connectivity index (χ0n) is 17.7. The lowest BCUT2D eigenvalue weighted by atomic mass is 9.90. The lowest BCUT2D eigenvalue weighted by Crippen LogP contribution is -2.34. The van der Waals surface area contributed by atoms with E-state index in [2.05, 4.69) is 35.2 Å². The Morgan fingerprint density at radius 3 is 2.29 bits per heavy atom. The number of benzene rings is 3. The van der Waals surface area contributed by atoms with E-state index in [9.17, 15) is 8.78 Å². The molecular formula is C25H28F2N4. The summed E-state index contributed by atoms with van der Waals surface area (Å²) in [4.78, 5) is 2.36. The Hall–Kier alpha value is -3.12. The molecule has 0 amide bonds. The summed E-state index contributed by atoms with van der Waals surface area (Å²) in [7, 11) is 0. The van der Waals surface area contributed by atoms with Crippen molar-refractivity contribution in [3.05, 3.63) is 83.4 Å². The quantitative estimate of drug-likeness (QED) is 0.332. The number of piperidine rings is 1. The molecule has 6 heteroatoms. The van der Waals surface area contributed by atoms with Gasteiger partial charge in [0, 0.05) is 24.3 Å². The number of hydrogen-bond acceptors (Lipinski definition) is 4. The van der Waals surface area contributed by atoms with Crippen molar-refractivity contribution in [3.63, 3.8) is 0 Å². The van der Waals surface area contributed by atoms with Crippen LogP contribution in [-0.4, -0.2) is 13.1 Å². The zero-order valence-corrected chi connectivity index (χ0v) is 17.7. The Morgan fingerprint density at radius 1 is 1.00 bits per heavy atom. The van der Waals surface area contributed by atoms with Crippen LogP contribution in [-0.2, 0) is 6.42 Å². The molecule has 3 aromatic carbocycles. The Bertz CT molecular complexity index is 1030. The van der Waals surface area contributed by atoms with E-state index in [-0.39, 0.29) is 16.9 Å². The molecule has 0 aliphatic carbocycles. The third kappa shape index (κ3) is 4.49. The summed E-state index contributed by atoms with van der Waals surface area (Å²) in [5.41, 5.74) is 8.77. The molecule has 1 fully saturated rings. The van der Waals surface area contributed by atoms with Crippen molar-refractivity contribution in [2.75, 3.05) is 28.7 Å². The number of hydrazine groups is 1. The fraction of sp³-hybridized carbons (Fsp3) is 0.280. The van der Waals surface area contributed by atoms with Crippen LogP contribution in [0.3, 0.4) is 0 Å². The van der Waals surface area contributed by atoms with Gasteiger partial charge in [0.2, 0.25) is 0 Å². The van der Waals surface area contributed by atoms with Gasteiger partial charge in [-0.05, 0) is 68.0 Å². The van der Waals surface area contributed by atoms with Gasteiger partial charge in [-0.25, -0.2) is 14.6 Å². The van der Waals surface area contributed by atoms with Crippen LogP contribution >= 0.6 is 0 Å². The average molecular weight is 423 g/mol. The van der Waals surface area contributed by atoms with Crippen molar-refractivity contribution in [1.29, 1.82) is 0 Å². The van der Waals surface area contributed by atoms with Crippen LogP contribution < -0.4 is 21.5 Å². The van der Waals surface area contributed by atoms with Gasteiger partial charge in [-0.1, -0.05) is 30.3 Å². The molecule has 0 bridgehead atoms. The number of anilines is 4. The lowest BCUT2D eigenvalue weighted by molar-refractivity contribution is 0.404. The van der Waals surface area contributed by atoms with Crippen molar-refractivity contribution in [2.45, 2.75) is 26.2 Å². The van der Waals surface area contributed by atoms with Crippen LogP contribution in [0, 0.1) is 24.5 Å². The summed E-state index contributed by atoms with van der Waals surface area (Å²) < 4.78 is 28.3. The summed E-state index contributed by atoms with van der Waals surface area (Å²) in [5.74, 6) is 5.41. The van der Waals surface area contributed by atoms with Crippen molar-refractivity contribution in [1.82, 2.24) is 0 Å². The van der Waals surface area contributed by atoms with Gasteiger partial charge in [-0.15, -0.1) is 0 Å². The number of nitrogen functional groups attached to an aromatic ring is 1. The highest BCUT2D eigenvalue weighted by atomic mass is 19.1. The molecule has 0 atom stereocenters. The minimum atomic E-state index is -0.746. The fourth-order valence-electron chi connectivity index (χ4n) is 4.26. The standard InChI is InChI=1S/C25H28F2N4/c1-17-22(26)16-23(28)25(24(17)27)31(29)21-9-7-20(8-10-21)30-13-11-19(12-14-30)15-18-5-3-2-4-6-18/h2-10,16,19H,11-15,28-29H2,1H3. The van der Waals surface area contributed by atoms with Crippen molar-refractivity contribution in [3.8, 4) is 0 Å². The smallest absolute Gasteiger partial charge is 0.156 e. The molecule has 1 aliphatic rings. The topological polar surface area (TPSA) is 58.5 Å². The molecular weight excluding hydrogens is 394 g/mol. The maximum atomic E-state index is 14.6. The first-order valence-electron chi connectivity index (χ1n) is 10.6. The van der Waals surface area contributed by atoms with E-state index in [1.807, 2.05) is 24.3 Å². The second kappa shape index (κ2) is 8.94. The van der Waals surface area contributed by atoms with Crippen LogP contribution in [0.15, 0.2) is 60.7 Å². The third-order valence-electron chi connectivity index (χ3n) is 6.17. The molecule has 0 aromatic heterocycles. The van der Waals surface area contributed by atoms with Gasteiger partial charge in [0.1, 0.15) is 11.5 Å². The second-order valence-electron chi connectivity index (χ2n) is 8.24. The maximum absolute atomic E-state index is 14.6. The Labute approximate surface area is 182 Å². The van der Waals surface area contributed by atoms with E-state index in [4.69, 9.17) is 11.6 Å². The maximum Gasteiger partial charge on any atom is 0.156 e. The molecule has 0 radical (unpaired) electrons. The number of nitrogens with two attached hydrogens (primary N) is 2. The van der Waals surface area contributed by atoms with Crippen LogP contribution in [0.25, 0.3) is 0 Å². The summed E-state index contributed by atoms with van der Waals surface area (Å²) in [6, 6.07) is 19.4. The zero-order chi connectivity index (χ0) is 22.0. The van der Waals surface area contributed by atoms with Gasteiger partial charge in [-0.3, -0.25) is 5.01 Å². The molecule has 3 aromatic rings. The molecule has 4 rings (SSSR count). The van der Waals surface area contributed by atoms with E-state index < -0.39 is 11.6 Å². The van der Waals surface area contributed by atoms with Gasteiger partial charge < -0.3 is 10.6 Å². The van der Waals surface area contributed by atoms with E-state index in [1.165, 1.54) is 17.5 Å². The largest absolute Gasteiger partial charge is 0.397 e. The minimum absolute atomic E-state index is 0.0200. The molecule has 31 heavy (non-hydrogen) atoms.